The molecule has 0 aliphatic rings. The van der Waals surface area contributed by atoms with Crippen LogP contribution in [0.3, 0.4) is 0 Å². The third-order valence-corrected chi connectivity index (χ3v) is 0.884. The molecule has 50 valence electrons. The quantitative estimate of drug-likeness (QED) is 0.508. The zero-order valence-corrected chi connectivity index (χ0v) is 5.28. The van der Waals surface area contributed by atoms with Crippen molar-refractivity contribution in [3.05, 3.63) is 12.2 Å². The lowest BCUT2D eigenvalue weighted by molar-refractivity contribution is 0.0619. The predicted octanol–water partition coefficient (Wildman–Crippen LogP) is -0.0825. The van der Waals surface area contributed by atoms with Crippen molar-refractivity contribution in [2.75, 3.05) is 0 Å². The smallest absolute Gasteiger partial charge is 0.0986 e. The van der Waals surface area contributed by atoms with Crippen LogP contribution >= 0.6 is 0 Å². The molecule has 0 spiro atoms. The second-order valence-corrected chi connectivity index (χ2v) is 1.76. The lowest BCUT2D eigenvalue weighted by atomic mass is 10.2. The van der Waals surface area contributed by atoms with E-state index >= 15 is 0 Å². The summed E-state index contributed by atoms with van der Waals surface area (Å²) in [6.45, 7) is 1.49. The summed E-state index contributed by atoms with van der Waals surface area (Å²) in [5.41, 5.74) is 0. The Kier molecular flexibility index (Phi) is 3.78. The number of rotatable bonds is 2. The molecule has 0 radical (unpaired) electrons. The van der Waals surface area contributed by atoms with Crippen molar-refractivity contribution in [1.29, 1.82) is 0 Å². The summed E-state index contributed by atoms with van der Waals surface area (Å²) in [7, 11) is 0. The van der Waals surface area contributed by atoms with Crippen molar-refractivity contribution in [3.8, 4) is 12.3 Å². The average Bonchev–Trinajstić information content (AvgIpc) is 1.82. The maximum atomic E-state index is 8.83. The Morgan fingerprint density at radius 3 is 2.44 bits per heavy atom. The Bertz CT molecular complexity index is 130. The Morgan fingerprint density at radius 1 is 1.56 bits per heavy atom. The van der Waals surface area contributed by atoms with Gasteiger partial charge in [-0.3, -0.25) is 0 Å². The molecule has 0 rings (SSSR count). The molecular weight excluding hydrogens is 116 g/mol. The SMILES string of the molecule is C#C/C=C/C(O)C(C)O. The molecule has 0 saturated carbocycles. The lowest BCUT2D eigenvalue weighted by Crippen LogP contribution is -2.19. The number of allylic oxidation sites excluding steroid dienone is 1. The molecule has 2 N–H and O–H groups in total. The fraction of sp³-hybridized carbons (Fsp3) is 0.429. The second-order valence-electron chi connectivity index (χ2n) is 1.76. The first-order valence-electron chi connectivity index (χ1n) is 2.67. The van der Waals surface area contributed by atoms with Gasteiger partial charge in [-0.2, -0.15) is 0 Å². The molecule has 0 aromatic heterocycles. The Morgan fingerprint density at radius 2 is 2.11 bits per heavy atom. The molecule has 0 aliphatic carbocycles. The fourth-order valence-corrected chi connectivity index (χ4v) is 0.315. The average molecular weight is 126 g/mol. The molecule has 0 bridgehead atoms. The number of aliphatic hydroxyl groups excluding tert-OH is 2. The van der Waals surface area contributed by atoms with Gasteiger partial charge in [0.2, 0.25) is 0 Å². The Balaban J connectivity index is 3.65. The van der Waals surface area contributed by atoms with Gasteiger partial charge in [0, 0.05) is 0 Å². The van der Waals surface area contributed by atoms with E-state index in [4.69, 9.17) is 16.6 Å². The molecule has 2 atom stereocenters. The molecule has 0 heterocycles. The molecule has 0 aromatic carbocycles. The van der Waals surface area contributed by atoms with Crippen LogP contribution in [0.2, 0.25) is 0 Å². The highest BCUT2D eigenvalue weighted by molar-refractivity contribution is 5.11. The van der Waals surface area contributed by atoms with Crippen LogP contribution < -0.4 is 0 Å². The van der Waals surface area contributed by atoms with Gasteiger partial charge < -0.3 is 10.2 Å². The molecule has 0 saturated heterocycles. The van der Waals surface area contributed by atoms with E-state index in [1.165, 1.54) is 19.1 Å². The number of hydrogen-bond acceptors (Lipinski definition) is 2. The topological polar surface area (TPSA) is 40.5 Å². The van der Waals surface area contributed by atoms with E-state index in [0.29, 0.717) is 0 Å². The van der Waals surface area contributed by atoms with E-state index < -0.39 is 12.2 Å². The van der Waals surface area contributed by atoms with Crippen LogP contribution in [0.15, 0.2) is 12.2 Å². The largest absolute Gasteiger partial charge is 0.390 e. The van der Waals surface area contributed by atoms with Crippen LogP contribution in [0, 0.1) is 12.3 Å². The van der Waals surface area contributed by atoms with Gasteiger partial charge in [0.15, 0.2) is 0 Å². The van der Waals surface area contributed by atoms with Crippen LogP contribution in [0.5, 0.6) is 0 Å². The van der Waals surface area contributed by atoms with Crippen molar-refractivity contribution in [2.45, 2.75) is 19.1 Å². The van der Waals surface area contributed by atoms with Crippen LogP contribution in [0.4, 0.5) is 0 Å². The third kappa shape index (κ3) is 3.77. The Hall–Kier alpha value is -0.780. The summed E-state index contributed by atoms with van der Waals surface area (Å²) in [6.07, 6.45) is 5.97. The molecule has 0 aliphatic heterocycles. The highest BCUT2D eigenvalue weighted by atomic mass is 16.3. The molecule has 2 nitrogen and oxygen atoms in total. The van der Waals surface area contributed by atoms with E-state index in [1.54, 1.807) is 0 Å². The van der Waals surface area contributed by atoms with Crippen LogP contribution in [-0.2, 0) is 0 Å². The molecular formula is C7H10O2. The molecule has 0 fully saturated rings. The third-order valence-electron chi connectivity index (χ3n) is 0.884. The molecule has 9 heavy (non-hydrogen) atoms. The van der Waals surface area contributed by atoms with Gasteiger partial charge >= 0.3 is 0 Å². The summed E-state index contributed by atoms with van der Waals surface area (Å²) in [5.74, 6) is 2.20. The van der Waals surface area contributed by atoms with E-state index in [2.05, 4.69) is 5.92 Å². The number of hydrogen-bond donors (Lipinski definition) is 2. The van der Waals surface area contributed by atoms with Crippen molar-refractivity contribution >= 4 is 0 Å². The minimum atomic E-state index is -0.846. The zero-order chi connectivity index (χ0) is 7.28. The van der Waals surface area contributed by atoms with Gasteiger partial charge in [0.05, 0.1) is 12.2 Å². The maximum Gasteiger partial charge on any atom is 0.0986 e. The maximum absolute atomic E-state index is 8.83. The van der Waals surface area contributed by atoms with Gasteiger partial charge in [-0.15, -0.1) is 6.42 Å². The lowest BCUT2D eigenvalue weighted by Gasteiger charge is -2.06. The summed E-state index contributed by atoms with van der Waals surface area (Å²) >= 11 is 0. The second kappa shape index (κ2) is 4.13. The van der Waals surface area contributed by atoms with Crippen LogP contribution in [-0.4, -0.2) is 22.4 Å². The molecule has 0 aromatic rings. The monoisotopic (exact) mass is 126 g/mol. The van der Waals surface area contributed by atoms with Crippen molar-refractivity contribution in [2.24, 2.45) is 0 Å². The normalized spacial score (nSPS) is 17.1. The van der Waals surface area contributed by atoms with E-state index in [0.717, 1.165) is 0 Å². The van der Waals surface area contributed by atoms with Gasteiger partial charge in [-0.05, 0) is 19.1 Å². The minimum Gasteiger partial charge on any atom is -0.390 e. The van der Waals surface area contributed by atoms with Gasteiger partial charge in [0.1, 0.15) is 0 Å². The van der Waals surface area contributed by atoms with E-state index in [-0.39, 0.29) is 0 Å². The first-order valence-corrected chi connectivity index (χ1v) is 2.67. The standard InChI is InChI=1S/C7H10O2/c1-3-4-5-7(9)6(2)8/h1,4-9H,2H3/b5-4+. The summed E-state index contributed by atoms with van der Waals surface area (Å²) in [4.78, 5) is 0. The van der Waals surface area contributed by atoms with Crippen molar-refractivity contribution in [3.63, 3.8) is 0 Å². The van der Waals surface area contributed by atoms with Crippen LogP contribution in [0.25, 0.3) is 0 Å². The van der Waals surface area contributed by atoms with E-state index in [1.807, 2.05) is 0 Å². The summed E-state index contributed by atoms with van der Waals surface area (Å²) in [6, 6.07) is 0. The van der Waals surface area contributed by atoms with Crippen molar-refractivity contribution < 1.29 is 10.2 Å². The van der Waals surface area contributed by atoms with Gasteiger partial charge in [-0.1, -0.05) is 5.92 Å². The van der Waals surface area contributed by atoms with E-state index in [9.17, 15) is 0 Å². The fourth-order valence-electron chi connectivity index (χ4n) is 0.315. The highest BCUT2D eigenvalue weighted by Gasteiger charge is 2.03. The minimum absolute atomic E-state index is 0.755. The predicted molar refractivity (Wildman–Crippen MR) is 35.7 cm³/mol. The Labute approximate surface area is 54.8 Å². The van der Waals surface area contributed by atoms with Crippen molar-refractivity contribution in [1.82, 2.24) is 0 Å². The van der Waals surface area contributed by atoms with Gasteiger partial charge in [0.25, 0.3) is 0 Å². The molecule has 0 amide bonds. The highest BCUT2D eigenvalue weighted by Crippen LogP contribution is 1.92. The summed E-state index contributed by atoms with van der Waals surface area (Å²) in [5, 5.41) is 17.5. The van der Waals surface area contributed by atoms with Crippen LogP contribution in [0.1, 0.15) is 6.92 Å². The number of aliphatic hydroxyl groups is 2. The summed E-state index contributed by atoms with van der Waals surface area (Å²) < 4.78 is 0. The molecule has 2 unspecified atom stereocenters. The first kappa shape index (κ1) is 8.22. The zero-order valence-electron chi connectivity index (χ0n) is 5.28. The van der Waals surface area contributed by atoms with Gasteiger partial charge in [-0.25, -0.2) is 0 Å². The molecule has 2 heteroatoms. The number of terminal acetylenes is 1. The first-order chi connectivity index (χ1) is 4.18.